The lowest BCUT2D eigenvalue weighted by Crippen LogP contribution is -2.36. The summed E-state index contributed by atoms with van der Waals surface area (Å²) in [6.07, 6.45) is 3.16. The van der Waals surface area contributed by atoms with E-state index in [0.717, 1.165) is 18.6 Å². The molecule has 2 rings (SSSR count). The number of amides is 1. The van der Waals surface area contributed by atoms with E-state index < -0.39 is 11.4 Å². The molecule has 0 unspecified atom stereocenters. The second-order valence-electron chi connectivity index (χ2n) is 5.48. The Hall–Kier alpha value is -1.49. The number of carboxylic acids is 1. The molecule has 1 aliphatic carbocycles. The summed E-state index contributed by atoms with van der Waals surface area (Å²) in [5, 5.41) is 12.2. The van der Waals surface area contributed by atoms with Crippen LogP contribution in [0.4, 0.5) is 0 Å². The molecule has 1 amide bonds. The van der Waals surface area contributed by atoms with Gasteiger partial charge in [-0.1, -0.05) is 31.0 Å². The molecule has 0 atom stereocenters. The van der Waals surface area contributed by atoms with Gasteiger partial charge in [0, 0.05) is 23.6 Å². The minimum absolute atomic E-state index is 0.109. The molecule has 0 aromatic heterocycles. The molecule has 1 saturated carbocycles. The first-order valence-electron chi connectivity index (χ1n) is 7.30. The number of nitrogens with one attached hydrogen (secondary N) is 1. The van der Waals surface area contributed by atoms with Crippen molar-refractivity contribution in [2.24, 2.45) is 5.41 Å². The highest BCUT2D eigenvalue weighted by Crippen LogP contribution is 2.41. The van der Waals surface area contributed by atoms with Crippen LogP contribution in [0.3, 0.4) is 0 Å². The minimum Gasteiger partial charge on any atom is -0.481 e. The fourth-order valence-electron chi connectivity index (χ4n) is 2.76. The smallest absolute Gasteiger partial charge is 0.310 e. The van der Waals surface area contributed by atoms with Crippen LogP contribution in [0.1, 0.15) is 32.1 Å². The van der Waals surface area contributed by atoms with Crippen molar-refractivity contribution in [3.63, 3.8) is 0 Å². The summed E-state index contributed by atoms with van der Waals surface area (Å²) in [6.45, 7) is 0.564. The average Bonchev–Trinajstić information content (AvgIpc) is 2.94. The number of thioether (sulfide) groups is 1. The van der Waals surface area contributed by atoms with Crippen LogP contribution in [0.5, 0.6) is 0 Å². The highest BCUT2D eigenvalue weighted by molar-refractivity contribution is 7.99. The number of rotatable bonds is 7. The Morgan fingerprint density at radius 1 is 1.19 bits per heavy atom. The normalized spacial score (nSPS) is 16.6. The topological polar surface area (TPSA) is 66.4 Å². The zero-order chi connectivity index (χ0) is 15.1. The Kier molecular flexibility index (Phi) is 5.67. The number of carbonyl (C=O) groups excluding carboxylic acids is 1. The van der Waals surface area contributed by atoms with E-state index in [4.69, 9.17) is 0 Å². The van der Waals surface area contributed by atoms with Gasteiger partial charge in [-0.3, -0.25) is 9.59 Å². The monoisotopic (exact) mass is 307 g/mol. The summed E-state index contributed by atoms with van der Waals surface area (Å²) in [7, 11) is 0. The van der Waals surface area contributed by atoms with Gasteiger partial charge in [-0.2, -0.15) is 0 Å². The largest absolute Gasteiger partial charge is 0.481 e. The van der Waals surface area contributed by atoms with Crippen LogP contribution in [-0.4, -0.2) is 29.3 Å². The molecule has 0 aliphatic heterocycles. The molecule has 0 bridgehead atoms. The van der Waals surface area contributed by atoms with E-state index in [2.05, 4.69) is 5.32 Å². The molecule has 1 aromatic rings. The predicted molar refractivity (Wildman–Crippen MR) is 83.3 cm³/mol. The highest BCUT2D eigenvalue weighted by atomic mass is 32.2. The number of carbonyl (C=O) groups is 2. The van der Waals surface area contributed by atoms with E-state index in [0.29, 0.717) is 19.4 Å². The van der Waals surface area contributed by atoms with E-state index in [9.17, 15) is 14.7 Å². The van der Waals surface area contributed by atoms with Gasteiger partial charge in [0.05, 0.1) is 5.41 Å². The number of benzene rings is 1. The molecule has 0 radical (unpaired) electrons. The maximum atomic E-state index is 11.9. The molecule has 0 heterocycles. The average molecular weight is 307 g/mol. The van der Waals surface area contributed by atoms with Gasteiger partial charge in [-0.15, -0.1) is 11.8 Å². The lowest BCUT2D eigenvalue weighted by Gasteiger charge is -2.22. The summed E-state index contributed by atoms with van der Waals surface area (Å²) in [5.41, 5.74) is -0.823. The number of carboxylic acid groups (broad SMARTS) is 1. The molecule has 114 valence electrons. The van der Waals surface area contributed by atoms with Crippen molar-refractivity contribution in [3.05, 3.63) is 30.3 Å². The van der Waals surface area contributed by atoms with Crippen LogP contribution in [-0.2, 0) is 9.59 Å². The van der Waals surface area contributed by atoms with Gasteiger partial charge in [0.25, 0.3) is 0 Å². The van der Waals surface area contributed by atoms with Gasteiger partial charge < -0.3 is 10.4 Å². The van der Waals surface area contributed by atoms with Crippen LogP contribution in [0, 0.1) is 5.41 Å². The van der Waals surface area contributed by atoms with Gasteiger partial charge in [0.2, 0.25) is 5.91 Å². The Balaban J connectivity index is 1.71. The van der Waals surface area contributed by atoms with Gasteiger partial charge in [0.15, 0.2) is 0 Å². The van der Waals surface area contributed by atoms with Crippen molar-refractivity contribution in [3.8, 4) is 0 Å². The van der Waals surface area contributed by atoms with Gasteiger partial charge in [-0.25, -0.2) is 0 Å². The Morgan fingerprint density at radius 3 is 2.48 bits per heavy atom. The summed E-state index contributed by atoms with van der Waals surface area (Å²) in [6, 6.07) is 10.0. The molecule has 0 spiro atoms. The van der Waals surface area contributed by atoms with Gasteiger partial charge >= 0.3 is 5.97 Å². The maximum absolute atomic E-state index is 11.9. The van der Waals surface area contributed by atoms with Crippen molar-refractivity contribution in [1.82, 2.24) is 5.32 Å². The van der Waals surface area contributed by atoms with Crippen molar-refractivity contribution in [1.29, 1.82) is 0 Å². The van der Waals surface area contributed by atoms with Crippen molar-refractivity contribution in [2.75, 3.05) is 12.3 Å². The lowest BCUT2D eigenvalue weighted by molar-refractivity contribution is -0.151. The minimum atomic E-state index is -0.825. The number of hydrogen-bond donors (Lipinski definition) is 2. The molecule has 21 heavy (non-hydrogen) atoms. The third-order valence-corrected chi connectivity index (χ3v) is 4.96. The first-order valence-corrected chi connectivity index (χ1v) is 8.29. The standard InChI is InChI=1S/C16H21NO3S/c18-14(12-16(15(19)20)8-4-5-9-16)17-10-11-21-13-6-2-1-3-7-13/h1-3,6-7H,4-5,8-12H2,(H,17,18)(H,19,20). The second-order valence-corrected chi connectivity index (χ2v) is 6.65. The summed E-state index contributed by atoms with van der Waals surface area (Å²) in [4.78, 5) is 24.5. The Labute approximate surface area is 129 Å². The molecule has 0 saturated heterocycles. The predicted octanol–water partition coefficient (Wildman–Crippen LogP) is 2.93. The summed E-state index contributed by atoms with van der Waals surface area (Å²) >= 11 is 1.68. The van der Waals surface area contributed by atoms with E-state index in [1.165, 1.54) is 4.90 Å². The van der Waals surface area contributed by atoms with Gasteiger partial charge in [0.1, 0.15) is 0 Å². The van der Waals surface area contributed by atoms with Crippen LogP contribution in [0.25, 0.3) is 0 Å². The fourth-order valence-corrected chi connectivity index (χ4v) is 3.55. The number of aliphatic carboxylic acids is 1. The number of hydrogen-bond acceptors (Lipinski definition) is 3. The summed E-state index contributed by atoms with van der Waals surface area (Å²) < 4.78 is 0. The molecule has 1 fully saturated rings. The van der Waals surface area contributed by atoms with Crippen LogP contribution in [0.15, 0.2) is 35.2 Å². The first kappa shape index (κ1) is 15.9. The first-order chi connectivity index (χ1) is 10.1. The summed E-state index contributed by atoms with van der Waals surface area (Å²) in [5.74, 6) is -0.183. The fraction of sp³-hybridized carbons (Fsp3) is 0.500. The van der Waals surface area contributed by atoms with E-state index in [1.807, 2.05) is 30.3 Å². The molecular weight excluding hydrogens is 286 g/mol. The van der Waals surface area contributed by atoms with Gasteiger partial charge in [-0.05, 0) is 25.0 Å². The Morgan fingerprint density at radius 2 is 1.86 bits per heavy atom. The SMILES string of the molecule is O=C(CC1(C(=O)O)CCCC1)NCCSc1ccccc1. The molecule has 5 heteroatoms. The van der Waals surface area contributed by atoms with E-state index >= 15 is 0 Å². The quantitative estimate of drug-likeness (QED) is 0.600. The van der Waals surface area contributed by atoms with Crippen LogP contribution >= 0.6 is 11.8 Å². The maximum Gasteiger partial charge on any atom is 0.310 e. The zero-order valence-corrected chi connectivity index (χ0v) is 12.8. The van der Waals surface area contributed by atoms with E-state index in [-0.39, 0.29) is 12.3 Å². The second kappa shape index (κ2) is 7.50. The third-order valence-electron chi connectivity index (χ3n) is 3.95. The molecule has 1 aliphatic rings. The molecule has 1 aromatic carbocycles. The van der Waals surface area contributed by atoms with Crippen LogP contribution in [0.2, 0.25) is 0 Å². The Bertz CT molecular complexity index is 484. The van der Waals surface area contributed by atoms with Crippen molar-refractivity contribution in [2.45, 2.75) is 37.0 Å². The molecule has 4 nitrogen and oxygen atoms in total. The lowest BCUT2D eigenvalue weighted by atomic mass is 9.82. The molecule has 2 N–H and O–H groups in total. The van der Waals surface area contributed by atoms with E-state index in [1.54, 1.807) is 11.8 Å². The van der Waals surface area contributed by atoms with Crippen molar-refractivity contribution >= 4 is 23.6 Å². The van der Waals surface area contributed by atoms with Crippen LogP contribution < -0.4 is 5.32 Å². The third kappa shape index (κ3) is 4.49. The highest BCUT2D eigenvalue weighted by Gasteiger charge is 2.42. The van der Waals surface area contributed by atoms with Crippen molar-refractivity contribution < 1.29 is 14.7 Å². The molecular formula is C16H21NO3S. The zero-order valence-electron chi connectivity index (χ0n) is 12.0.